The van der Waals surface area contributed by atoms with Gasteiger partial charge in [0, 0.05) is 12.3 Å². The summed E-state index contributed by atoms with van der Waals surface area (Å²) in [6, 6.07) is 0. The molecule has 0 aromatic rings. The zero-order valence-electron chi connectivity index (χ0n) is 18.9. The number of carbonyl (C=O) groups excluding carboxylic acids is 1. The fraction of sp³-hybridized carbons (Fsp3) is 0.885. The van der Waals surface area contributed by atoms with Crippen molar-refractivity contribution in [1.82, 2.24) is 0 Å². The van der Waals surface area contributed by atoms with Gasteiger partial charge >= 0.3 is 0 Å². The minimum Gasteiger partial charge on any atom is -0.390 e. The highest BCUT2D eigenvalue weighted by molar-refractivity contribution is 5.83. The van der Waals surface area contributed by atoms with E-state index in [4.69, 9.17) is 0 Å². The standard InChI is InChI=1S/C26H42O3/c1-5-6-7-8-16(2)18-9-10-19-17-13-22(27)21-14-23(28)24(29)15-26(21,4)20(17)11-12-25(18,19)3/h7-8,16-21,23-24,28-29H,5-6,9-15H2,1-4H3/b8-7-/t16-,17?,18-,19?,20?,21-,23?,24-,25-,26-/m1/s1. The van der Waals surface area contributed by atoms with Crippen LogP contribution in [0.2, 0.25) is 0 Å². The molecule has 0 heterocycles. The summed E-state index contributed by atoms with van der Waals surface area (Å²) in [6.07, 6.45) is 12.6. The number of hydrogen-bond acceptors (Lipinski definition) is 3. The molecule has 0 spiro atoms. The lowest BCUT2D eigenvalue weighted by molar-refractivity contribution is -0.173. The van der Waals surface area contributed by atoms with Crippen molar-refractivity contribution in [3.05, 3.63) is 12.2 Å². The molecule has 4 fully saturated rings. The number of aliphatic hydroxyl groups excluding tert-OH is 2. The molecule has 3 nitrogen and oxygen atoms in total. The molecule has 0 amide bonds. The number of hydrogen-bond donors (Lipinski definition) is 2. The lowest BCUT2D eigenvalue weighted by Crippen LogP contribution is -2.59. The van der Waals surface area contributed by atoms with Crippen molar-refractivity contribution < 1.29 is 15.0 Å². The Labute approximate surface area is 177 Å². The van der Waals surface area contributed by atoms with E-state index in [1.807, 2.05) is 0 Å². The second kappa shape index (κ2) is 7.79. The summed E-state index contributed by atoms with van der Waals surface area (Å²) in [5, 5.41) is 20.7. The van der Waals surface area contributed by atoms with E-state index >= 15 is 0 Å². The van der Waals surface area contributed by atoms with Crippen LogP contribution in [0, 0.1) is 46.3 Å². The van der Waals surface area contributed by atoms with E-state index < -0.39 is 12.2 Å². The van der Waals surface area contributed by atoms with Crippen molar-refractivity contribution >= 4 is 5.78 Å². The highest BCUT2D eigenvalue weighted by Crippen LogP contribution is 2.67. The van der Waals surface area contributed by atoms with Gasteiger partial charge in [0.05, 0.1) is 12.2 Å². The molecule has 4 aliphatic rings. The Bertz CT molecular complexity index is 656. The molecule has 3 heteroatoms. The summed E-state index contributed by atoms with van der Waals surface area (Å²) in [5.41, 5.74) is 0.206. The Morgan fingerprint density at radius 3 is 2.55 bits per heavy atom. The molecular weight excluding hydrogens is 360 g/mol. The fourth-order valence-corrected chi connectivity index (χ4v) is 8.59. The van der Waals surface area contributed by atoms with Gasteiger partial charge in [0.1, 0.15) is 5.78 Å². The lowest BCUT2D eigenvalue weighted by Gasteiger charge is -2.60. The fourth-order valence-electron chi connectivity index (χ4n) is 8.59. The highest BCUT2D eigenvalue weighted by Gasteiger charge is 2.63. The molecule has 0 aromatic heterocycles. The van der Waals surface area contributed by atoms with E-state index in [1.165, 1.54) is 38.5 Å². The van der Waals surface area contributed by atoms with Crippen molar-refractivity contribution in [2.45, 2.75) is 97.7 Å². The first-order valence-electron chi connectivity index (χ1n) is 12.3. The van der Waals surface area contributed by atoms with E-state index in [-0.39, 0.29) is 11.3 Å². The normalized spacial score (nSPS) is 50.8. The number of carbonyl (C=O) groups is 1. The molecule has 0 aromatic carbocycles. The molecule has 2 N–H and O–H groups in total. The van der Waals surface area contributed by atoms with Gasteiger partial charge in [-0.15, -0.1) is 0 Å². The number of Topliss-reactive ketones (excluding diaryl/α,β-unsaturated/α-hetero) is 1. The Balaban J connectivity index is 1.58. The van der Waals surface area contributed by atoms with Crippen molar-refractivity contribution in [2.24, 2.45) is 46.3 Å². The largest absolute Gasteiger partial charge is 0.390 e. The highest BCUT2D eigenvalue weighted by atomic mass is 16.3. The number of allylic oxidation sites excluding steroid dienone is 2. The van der Waals surface area contributed by atoms with Gasteiger partial charge in [-0.2, -0.15) is 0 Å². The van der Waals surface area contributed by atoms with Crippen LogP contribution in [0.3, 0.4) is 0 Å². The third-order valence-corrected chi connectivity index (χ3v) is 10.1. The van der Waals surface area contributed by atoms with Crippen LogP contribution in [0.25, 0.3) is 0 Å². The van der Waals surface area contributed by atoms with E-state index in [1.54, 1.807) is 0 Å². The zero-order valence-corrected chi connectivity index (χ0v) is 18.9. The molecule has 0 radical (unpaired) electrons. The van der Waals surface area contributed by atoms with Gasteiger partial charge in [0.2, 0.25) is 0 Å². The Morgan fingerprint density at radius 1 is 1.10 bits per heavy atom. The maximum absolute atomic E-state index is 13.2. The summed E-state index contributed by atoms with van der Waals surface area (Å²) in [7, 11) is 0. The Morgan fingerprint density at radius 2 is 1.83 bits per heavy atom. The molecular formula is C26H42O3. The number of unbranched alkanes of at least 4 members (excludes halogenated alkanes) is 1. The van der Waals surface area contributed by atoms with Crippen molar-refractivity contribution in [1.29, 1.82) is 0 Å². The van der Waals surface area contributed by atoms with Gasteiger partial charge in [0.15, 0.2) is 0 Å². The maximum Gasteiger partial charge on any atom is 0.136 e. The maximum atomic E-state index is 13.2. The lowest BCUT2D eigenvalue weighted by atomic mass is 9.44. The first kappa shape index (κ1) is 21.6. The summed E-state index contributed by atoms with van der Waals surface area (Å²) >= 11 is 0. The van der Waals surface area contributed by atoms with E-state index in [2.05, 4.69) is 39.8 Å². The third-order valence-electron chi connectivity index (χ3n) is 10.1. The quantitative estimate of drug-likeness (QED) is 0.640. The summed E-state index contributed by atoms with van der Waals surface area (Å²) < 4.78 is 0. The predicted molar refractivity (Wildman–Crippen MR) is 116 cm³/mol. The van der Waals surface area contributed by atoms with Crippen molar-refractivity contribution in [3.63, 3.8) is 0 Å². The van der Waals surface area contributed by atoms with Gasteiger partial charge < -0.3 is 10.2 Å². The van der Waals surface area contributed by atoms with Crippen LogP contribution in [0.15, 0.2) is 12.2 Å². The van der Waals surface area contributed by atoms with Crippen LogP contribution in [0.1, 0.15) is 85.5 Å². The smallest absolute Gasteiger partial charge is 0.136 e. The van der Waals surface area contributed by atoms with Gasteiger partial charge in [-0.05, 0) is 85.4 Å². The average molecular weight is 403 g/mol. The first-order valence-corrected chi connectivity index (χ1v) is 12.3. The molecule has 0 saturated heterocycles. The van der Waals surface area contributed by atoms with Crippen LogP contribution in [-0.2, 0) is 4.79 Å². The van der Waals surface area contributed by atoms with E-state index in [0.717, 1.165) is 5.92 Å². The number of ketones is 1. The molecule has 4 unspecified atom stereocenters. The van der Waals surface area contributed by atoms with Crippen LogP contribution in [-0.4, -0.2) is 28.2 Å². The van der Waals surface area contributed by atoms with Crippen LogP contribution < -0.4 is 0 Å². The molecule has 164 valence electrons. The second-order valence-corrected chi connectivity index (χ2v) is 11.5. The van der Waals surface area contributed by atoms with Gasteiger partial charge in [0.25, 0.3) is 0 Å². The summed E-state index contributed by atoms with van der Waals surface area (Å²) in [5.74, 6) is 3.28. The Hall–Kier alpha value is -0.670. The average Bonchev–Trinajstić information content (AvgIpc) is 3.02. The monoisotopic (exact) mass is 402 g/mol. The topological polar surface area (TPSA) is 57.5 Å². The molecule has 0 bridgehead atoms. The van der Waals surface area contributed by atoms with E-state index in [0.29, 0.717) is 54.1 Å². The minimum absolute atomic E-state index is 0.0559. The summed E-state index contributed by atoms with van der Waals surface area (Å²) in [6.45, 7) is 9.41. The van der Waals surface area contributed by atoms with Crippen LogP contribution in [0.5, 0.6) is 0 Å². The van der Waals surface area contributed by atoms with Crippen molar-refractivity contribution in [3.8, 4) is 0 Å². The third kappa shape index (κ3) is 3.35. The van der Waals surface area contributed by atoms with Gasteiger partial charge in [-0.3, -0.25) is 4.79 Å². The number of aliphatic hydroxyl groups is 2. The first-order chi connectivity index (χ1) is 13.7. The van der Waals surface area contributed by atoms with E-state index in [9.17, 15) is 15.0 Å². The van der Waals surface area contributed by atoms with Crippen LogP contribution >= 0.6 is 0 Å². The molecule has 4 aliphatic carbocycles. The molecule has 10 atom stereocenters. The summed E-state index contributed by atoms with van der Waals surface area (Å²) in [4.78, 5) is 13.2. The van der Waals surface area contributed by atoms with Crippen molar-refractivity contribution in [2.75, 3.05) is 0 Å². The zero-order chi connectivity index (χ0) is 21.0. The number of fused-ring (bicyclic) bond motifs is 5. The second-order valence-electron chi connectivity index (χ2n) is 11.5. The minimum atomic E-state index is -0.728. The van der Waals surface area contributed by atoms with Gasteiger partial charge in [-0.25, -0.2) is 0 Å². The predicted octanol–water partition coefficient (Wildman–Crippen LogP) is 5.15. The SMILES string of the molecule is CCC/C=C\[C@@H](C)[C@H]1CCC2C3CC(=O)[C@H]4CC(O)[C@H](O)C[C@]4(C)C3CC[C@@]21C. The Kier molecular flexibility index (Phi) is 5.79. The molecule has 29 heavy (non-hydrogen) atoms. The van der Waals surface area contributed by atoms with Gasteiger partial charge in [-0.1, -0.05) is 46.3 Å². The molecule has 4 saturated carbocycles. The molecule has 0 aliphatic heterocycles. The molecule has 4 rings (SSSR count). The van der Waals surface area contributed by atoms with Crippen LogP contribution in [0.4, 0.5) is 0 Å². The number of rotatable bonds is 4.